The molecule has 4 rings (SSSR count). The first-order chi connectivity index (χ1) is 25.6. The monoisotopic (exact) mass is 835 g/mol. The summed E-state index contributed by atoms with van der Waals surface area (Å²) in [5, 5.41) is 10.3. The highest BCUT2D eigenvalue weighted by molar-refractivity contribution is 6.75. The van der Waals surface area contributed by atoms with E-state index in [1.165, 1.54) is 44.1 Å². The Bertz CT molecular complexity index is 1450. The third kappa shape index (κ3) is 9.68. The maximum atomic E-state index is 10.0. The number of allylic oxidation sites excluding steroid dienone is 3. The van der Waals surface area contributed by atoms with Gasteiger partial charge in [0.15, 0.2) is 25.0 Å². The normalized spacial score (nSPS) is 33.5. The molecule has 0 saturated heterocycles. The van der Waals surface area contributed by atoms with Crippen LogP contribution in [0, 0.1) is 34.5 Å². The van der Waals surface area contributed by atoms with Gasteiger partial charge in [-0.25, -0.2) is 0 Å². The molecule has 1 N–H and O–H groups in total. The minimum absolute atomic E-state index is 0.0295. The quantitative estimate of drug-likeness (QED) is 0.167. The van der Waals surface area contributed by atoms with Gasteiger partial charge in [-0.15, -0.1) is 0 Å². The molecule has 8 heteroatoms. The predicted molar refractivity (Wildman–Crippen MR) is 247 cm³/mol. The van der Waals surface area contributed by atoms with E-state index in [0.29, 0.717) is 29.8 Å². The summed E-state index contributed by atoms with van der Waals surface area (Å²) in [5.74, 6) is 2.40. The van der Waals surface area contributed by atoms with E-state index in [0.717, 1.165) is 18.8 Å². The van der Waals surface area contributed by atoms with Gasteiger partial charge in [0.2, 0.25) is 0 Å². The Morgan fingerprint density at radius 3 is 1.91 bits per heavy atom. The first-order valence-electron chi connectivity index (χ1n) is 23.4. The third-order valence-corrected chi connectivity index (χ3v) is 30.9. The fourth-order valence-electron chi connectivity index (χ4n) is 10.7. The van der Waals surface area contributed by atoms with Gasteiger partial charge in [-0.05, 0) is 142 Å². The van der Waals surface area contributed by atoms with E-state index < -0.39 is 31.5 Å². The number of ether oxygens (including phenoxy) is 1. The molecule has 0 heterocycles. The Labute approximate surface area is 352 Å². The molecular formula is C48H92O5Si3. The average molecular weight is 836 g/mol. The highest BCUT2D eigenvalue weighted by Gasteiger charge is 2.63. The topological polar surface area (TPSA) is 57.2 Å². The van der Waals surface area contributed by atoms with Gasteiger partial charge in [0.25, 0.3) is 0 Å². The second kappa shape index (κ2) is 16.7. The molecule has 4 aliphatic rings. The first kappa shape index (κ1) is 47.0. The lowest BCUT2D eigenvalue weighted by atomic mass is 9.49. The van der Waals surface area contributed by atoms with Crippen molar-refractivity contribution in [2.75, 3.05) is 13.2 Å². The van der Waals surface area contributed by atoms with Crippen LogP contribution >= 0.6 is 0 Å². The molecule has 56 heavy (non-hydrogen) atoms. The summed E-state index contributed by atoms with van der Waals surface area (Å²) >= 11 is 0. The molecule has 326 valence electrons. The second-order valence-electron chi connectivity index (χ2n) is 24.7. The Morgan fingerprint density at radius 2 is 1.36 bits per heavy atom. The third-order valence-electron chi connectivity index (χ3n) is 17.3. The van der Waals surface area contributed by atoms with E-state index in [1.807, 2.05) is 0 Å². The standard InChI is InChI=1S/C48H92O5Si3/c1-34(23-21-29-46(11,12)53-56(19,20)45(8,9)10)37-26-27-38-36-25-24-35-33-40(51-54(15,16)43(2,3)4)41(50-32-22-31-49)42(52-55(17,18)44(5,6)7)48(35,14)39(36)28-30-47(37,38)13/h24-25,34,37-42,49H,21-23,26-33H2,1-20H3/t34-,37-,38+,39+,40-,41-,42+,47-,48+/m1/s1/i31T/t31?,34-,37-,38+,39+,40-,41-,42+,47-,48+. The summed E-state index contributed by atoms with van der Waals surface area (Å²) in [6.07, 6.45) is 14.2. The molecule has 3 fully saturated rings. The van der Waals surface area contributed by atoms with Crippen molar-refractivity contribution in [3.05, 3.63) is 23.3 Å². The molecule has 0 aromatic heterocycles. The molecule has 0 aromatic carbocycles. The van der Waals surface area contributed by atoms with E-state index in [4.69, 9.17) is 19.4 Å². The molecule has 10 atom stereocenters. The summed E-state index contributed by atoms with van der Waals surface area (Å²) < 4.78 is 36.9. The fourth-order valence-corrected chi connectivity index (χ4v) is 15.2. The molecule has 0 aromatic rings. The molecule has 0 spiro atoms. The van der Waals surface area contributed by atoms with Crippen LogP contribution in [0.3, 0.4) is 0 Å². The van der Waals surface area contributed by atoms with Crippen LogP contribution in [0.1, 0.15) is 156 Å². The van der Waals surface area contributed by atoms with E-state index in [1.54, 1.807) is 5.57 Å². The molecule has 4 aliphatic carbocycles. The van der Waals surface area contributed by atoms with Crippen LogP contribution in [0.5, 0.6) is 0 Å². The average Bonchev–Trinajstić information content (AvgIpc) is 3.37. The van der Waals surface area contributed by atoms with Crippen LogP contribution in [0.4, 0.5) is 0 Å². The SMILES string of the molecule is [3H]C(O)CCO[C@@H]1[C@H](O[Si](C)(C)C(C)(C)C)CC2=CC=C3[C@@H]4CC[C@H]([C@H](C)CCCC(C)(C)O[Si](C)(C)C(C)(C)C)[C@@]4(C)CC[C@@H]3[C@@]2(C)[C@H]1O[Si](C)(C)C(C)(C)C. The van der Waals surface area contributed by atoms with Crippen molar-refractivity contribution in [3.63, 3.8) is 0 Å². The van der Waals surface area contributed by atoms with E-state index in [9.17, 15) is 5.11 Å². The van der Waals surface area contributed by atoms with Crippen molar-refractivity contribution >= 4 is 25.0 Å². The number of aliphatic hydroxyl groups is 1. The fraction of sp³-hybridized carbons (Fsp3) is 0.917. The lowest BCUT2D eigenvalue weighted by molar-refractivity contribution is -0.153. The summed E-state index contributed by atoms with van der Waals surface area (Å²) in [4.78, 5) is 0. The van der Waals surface area contributed by atoms with Crippen molar-refractivity contribution in [3.8, 4) is 0 Å². The molecule has 3 saturated carbocycles. The molecule has 5 nitrogen and oxygen atoms in total. The lowest BCUT2D eigenvalue weighted by Crippen LogP contribution is -2.65. The Kier molecular flexibility index (Phi) is 14.0. The maximum Gasteiger partial charge on any atom is 0.192 e. The van der Waals surface area contributed by atoms with Crippen molar-refractivity contribution in [1.29, 1.82) is 0 Å². The van der Waals surface area contributed by atoms with E-state index in [2.05, 4.69) is 148 Å². The Balaban J connectivity index is 1.67. The smallest absolute Gasteiger partial charge is 0.192 e. The summed E-state index contributed by atoms with van der Waals surface area (Å²) in [7, 11) is -6.29. The minimum atomic E-state index is -2.28. The summed E-state index contributed by atoms with van der Waals surface area (Å²) in [5.41, 5.74) is 3.13. The zero-order chi connectivity index (χ0) is 43.6. The van der Waals surface area contributed by atoms with Crippen molar-refractivity contribution in [2.24, 2.45) is 34.5 Å². The van der Waals surface area contributed by atoms with E-state index in [-0.39, 0.29) is 50.9 Å². The van der Waals surface area contributed by atoms with Gasteiger partial charge in [-0.1, -0.05) is 119 Å². The van der Waals surface area contributed by atoms with Gasteiger partial charge in [0, 0.05) is 18.6 Å². The molecule has 0 radical (unpaired) electrons. The maximum absolute atomic E-state index is 10.0. The van der Waals surface area contributed by atoms with Crippen LogP contribution < -0.4 is 0 Å². The molecule has 0 aliphatic heterocycles. The number of rotatable bonds is 15. The van der Waals surface area contributed by atoms with Gasteiger partial charge >= 0.3 is 0 Å². The molecule has 0 bridgehead atoms. The van der Waals surface area contributed by atoms with Crippen LogP contribution in [0.2, 0.25) is 54.4 Å². The predicted octanol–water partition coefficient (Wildman–Crippen LogP) is 13.9. The molecular weight excluding hydrogens is 741 g/mol. The van der Waals surface area contributed by atoms with Crippen LogP contribution in [0.25, 0.3) is 0 Å². The van der Waals surface area contributed by atoms with Crippen LogP contribution in [0.15, 0.2) is 23.3 Å². The second-order valence-corrected chi connectivity index (χ2v) is 38.9. The minimum Gasteiger partial charge on any atom is -0.412 e. The Morgan fingerprint density at radius 1 is 0.786 bits per heavy atom. The van der Waals surface area contributed by atoms with Gasteiger partial charge in [-0.2, -0.15) is 0 Å². The van der Waals surface area contributed by atoms with Crippen LogP contribution in [-0.4, -0.2) is 67.2 Å². The lowest BCUT2D eigenvalue weighted by Gasteiger charge is -2.61. The van der Waals surface area contributed by atoms with Crippen molar-refractivity contribution in [2.45, 2.75) is 233 Å². The highest BCUT2D eigenvalue weighted by atomic mass is 28.4. The number of aliphatic hydroxyl groups excluding tert-OH is 1. The van der Waals surface area contributed by atoms with Gasteiger partial charge in [0.05, 0.1) is 19.2 Å². The first-order valence-corrected chi connectivity index (χ1v) is 31.5. The zero-order valence-electron chi connectivity index (χ0n) is 41.4. The Hall–Kier alpha value is -0.0694. The van der Waals surface area contributed by atoms with Crippen LogP contribution in [-0.2, 0) is 18.0 Å². The summed E-state index contributed by atoms with van der Waals surface area (Å²) in [6, 6.07) is 0. The molecule has 0 amide bonds. The summed E-state index contributed by atoms with van der Waals surface area (Å²) in [6.45, 7) is 46.9. The number of fused-ring (bicyclic) bond motifs is 5. The molecule has 1 unspecified atom stereocenters. The van der Waals surface area contributed by atoms with Crippen molar-refractivity contribution in [1.82, 2.24) is 0 Å². The number of hydrogen-bond donors (Lipinski definition) is 1. The van der Waals surface area contributed by atoms with Gasteiger partial charge in [-0.3, -0.25) is 0 Å². The highest BCUT2D eigenvalue weighted by Crippen LogP contribution is 2.67. The number of hydrogen-bond acceptors (Lipinski definition) is 5. The van der Waals surface area contributed by atoms with E-state index >= 15 is 0 Å². The van der Waals surface area contributed by atoms with Crippen molar-refractivity contribution < 1.29 is 24.5 Å². The zero-order valence-corrected chi connectivity index (χ0v) is 43.4. The largest absolute Gasteiger partial charge is 0.412 e. The van der Waals surface area contributed by atoms with Gasteiger partial charge in [0.1, 0.15) is 6.10 Å². The van der Waals surface area contributed by atoms with Gasteiger partial charge < -0.3 is 23.1 Å².